The van der Waals surface area contributed by atoms with E-state index in [1.807, 2.05) is 12.1 Å². The number of thioether (sulfide) groups is 1. The Labute approximate surface area is 94.7 Å². The van der Waals surface area contributed by atoms with Gasteiger partial charge in [0.1, 0.15) is 11.5 Å². The largest absolute Gasteiger partial charge is 0.245 e. The zero-order chi connectivity index (χ0) is 9.80. The first kappa shape index (κ1) is 9.89. The van der Waals surface area contributed by atoms with Crippen molar-refractivity contribution >= 4 is 34.9 Å². The molecule has 0 saturated carbocycles. The molecule has 2 aromatic rings. The first-order valence-corrected chi connectivity index (χ1v) is 5.98. The Morgan fingerprint density at radius 3 is 3.07 bits per heavy atom. The molecule has 0 atom stereocenters. The fourth-order valence-corrected chi connectivity index (χ4v) is 2.49. The molecule has 0 saturated heterocycles. The maximum atomic E-state index is 5.76. The normalized spacial score (nSPS) is 10.4. The quantitative estimate of drug-likeness (QED) is 0.614. The number of hydrogen-bond donors (Lipinski definition) is 0. The Bertz CT molecular complexity index is 405. The summed E-state index contributed by atoms with van der Waals surface area (Å²) in [6, 6.07) is 3.80. The van der Waals surface area contributed by atoms with Crippen LogP contribution in [0.5, 0.6) is 0 Å². The predicted molar refractivity (Wildman–Crippen MR) is 58.7 cm³/mol. The maximum Gasteiger partial charge on any atom is 0.170 e. The molecular weight excluding hydrogens is 238 g/mol. The lowest BCUT2D eigenvalue weighted by Crippen LogP contribution is -1.82. The average molecular weight is 244 g/mol. The molecule has 0 amide bonds. The third-order valence-corrected chi connectivity index (χ3v) is 3.57. The predicted octanol–water partition coefficient (Wildman–Crippen LogP) is 2.88. The minimum absolute atomic E-state index is 0.528. The van der Waals surface area contributed by atoms with Crippen LogP contribution in [0.3, 0.4) is 0 Å². The molecular formula is C8H6ClN3S2. The van der Waals surface area contributed by atoms with E-state index in [2.05, 4.69) is 14.3 Å². The van der Waals surface area contributed by atoms with Gasteiger partial charge in [-0.3, -0.25) is 0 Å². The van der Waals surface area contributed by atoms with Crippen molar-refractivity contribution < 1.29 is 0 Å². The summed E-state index contributed by atoms with van der Waals surface area (Å²) in [5.74, 6) is 0.845. The van der Waals surface area contributed by atoms with Gasteiger partial charge in [0.05, 0.1) is 0 Å². The standard InChI is InChI=1S/C8H6ClN3S2/c9-7-3-6(1-2-10-7)4-13-8-11-5-12-14-8/h1-3,5H,4H2. The number of nitrogens with zero attached hydrogens (tertiary/aromatic N) is 3. The summed E-state index contributed by atoms with van der Waals surface area (Å²) >= 11 is 8.81. The van der Waals surface area contributed by atoms with E-state index >= 15 is 0 Å². The fraction of sp³-hybridized carbons (Fsp3) is 0.125. The van der Waals surface area contributed by atoms with Crippen LogP contribution < -0.4 is 0 Å². The smallest absolute Gasteiger partial charge is 0.170 e. The highest BCUT2D eigenvalue weighted by molar-refractivity contribution is 8.00. The molecule has 0 aromatic carbocycles. The first-order valence-electron chi connectivity index (χ1n) is 3.84. The van der Waals surface area contributed by atoms with Crippen molar-refractivity contribution in [1.82, 2.24) is 14.3 Å². The van der Waals surface area contributed by atoms with Crippen LogP contribution in [-0.4, -0.2) is 14.3 Å². The molecule has 72 valence electrons. The lowest BCUT2D eigenvalue weighted by atomic mass is 10.3. The molecule has 14 heavy (non-hydrogen) atoms. The Morgan fingerprint density at radius 1 is 1.43 bits per heavy atom. The first-order chi connectivity index (χ1) is 6.84. The van der Waals surface area contributed by atoms with Gasteiger partial charge in [0.25, 0.3) is 0 Å². The number of aromatic nitrogens is 3. The second-order valence-corrected chi connectivity index (χ2v) is 4.87. The topological polar surface area (TPSA) is 38.7 Å². The fourth-order valence-electron chi connectivity index (χ4n) is 0.904. The molecule has 0 spiro atoms. The molecule has 2 heterocycles. The summed E-state index contributed by atoms with van der Waals surface area (Å²) < 4.78 is 4.89. The van der Waals surface area contributed by atoms with Crippen LogP contribution in [0.1, 0.15) is 5.56 Å². The number of rotatable bonds is 3. The van der Waals surface area contributed by atoms with Gasteiger partial charge in [-0.2, -0.15) is 4.37 Å². The third-order valence-electron chi connectivity index (χ3n) is 1.49. The van der Waals surface area contributed by atoms with Crippen molar-refractivity contribution in [3.8, 4) is 0 Å². The molecule has 3 nitrogen and oxygen atoms in total. The highest BCUT2D eigenvalue weighted by Crippen LogP contribution is 2.23. The Morgan fingerprint density at radius 2 is 2.36 bits per heavy atom. The van der Waals surface area contributed by atoms with Crippen molar-refractivity contribution in [1.29, 1.82) is 0 Å². The van der Waals surface area contributed by atoms with E-state index in [-0.39, 0.29) is 0 Å². The van der Waals surface area contributed by atoms with Gasteiger partial charge in [-0.1, -0.05) is 23.4 Å². The molecule has 0 aliphatic heterocycles. The summed E-state index contributed by atoms with van der Waals surface area (Å²) in [5, 5.41) is 0.528. The summed E-state index contributed by atoms with van der Waals surface area (Å²) in [6.07, 6.45) is 3.27. The van der Waals surface area contributed by atoms with Gasteiger partial charge in [-0.15, -0.1) is 0 Å². The van der Waals surface area contributed by atoms with Crippen LogP contribution in [0.15, 0.2) is 29.0 Å². The van der Waals surface area contributed by atoms with Crippen molar-refractivity contribution in [3.63, 3.8) is 0 Å². The van der Waals surface area contributed by atoms with E-state index in [1.165, 1.54) is 11.5 Å². The molecule has 2 aromatic heterocycles. The van der Waals surface area contributed by atoms with Gasteiger partial charge in [0, 0.05) is 11.9 Å². The van der Waals surface area contributed by atoms with E-state index < -0.39 is 0 Å². The summed E-state index contributed by atoms with van der Waals surface area (Å²) in [5.41, 5.74) is 1.14. The minimum Gasteiger partial charge on any atom is -0.245 e. The highest BCUT2D eigenvalue weighted by atomic mass is 35.5. The monoisotopic (exact) mass is 243 g/mol. The Kier molecular flexibility index (Phi) is 3.34. The van der Waals surface area contributed by atoms with Crippen LogP contribution in [0.4, 0.5) is 0 Å². The average Bonchev–Trinajstić information content (AvgIpc) is 2.67. The van der Waals surface area contributed by atoms with Crippen molar-refractivity contribution in [2.75, 3.05) is 0 Å². The van der Waals surface area contributed by atoms with Crippen LogP contribution in [0.25, 0.3) is 0 Å². The van der Waals surface area contributed by atoms with E-state index in [0.29, 0.717) is 5.15 Å². The Hall–Kier alpha value is -0.650. The van der Waals surface area contributed by atoms with E-state index in [9.17, 15) is 0 Å². The van der Waals surface area contributed by atoms with Crippen LogP contribution in [0.2, 0.25) is 5.15 Å². The molecule has 0 aliphatic carbocycles. The zero-order valence-electron chi connectivity index (χ0n) is 7.05. The van der Waals surface area contributed by atoms with Gasteiger partial charge in [-0.25, -0.2) is 9.97 Å². The van der Waals surface area contributed by atoms with Crippen molar-refractivity contribution in [3.05, 3.63) is 35.4 Å². The van der Waals surface area contributed by atoms with Crippen molar-refractivity contribution in [2.24, 2.45) is 0 Å². The summed E-state index contributed by atoms with van der Waals surface area (Å²) in [6.45, 7) is 0. The second kappa shape index (κ2) is 4.72. The van der Waals surface area contributed by atoms with Crippen LogP contribution in [-0.2, 0) is 5.75 Å². The summed E-state index contributed by atoms with van der Waals surface area (Å²) in [4.78, 5) is 7.99. The van der Waals surface area contributed by atoms with Gasteiger partial charge >= 0.3 is 0 Å². The SMILES string of the molecule is Clc1cc(CSc2ncns2)ccn1. The second-order valence-electron chi connectivity index (χ2n) is 2.48. The molecule has 0 bridgehead atoms. The molecule has 6 heteroatoms. The Balaban J connectivity index is 1.98. The van der Waals surface area contributed by atoms with Gasteiger partial charge < -0.3 is 0 Å². The van der Waals surface area contributed by atoms with E-state index in [4.69, 9.17) is 11.6 Å². The molecule has 0 unspecified atom stereocenters. The highest BCUT2D eigenvalue weighted by Gasteiger charge is 1.99. The van der Waals surface area contributed by atoms with Crippen LogP contribution >= 0.6 is 34.9 Å². The van der Waals surface area contributed by atoms with Crippen molar-refractivity contribution in [2.45, 2.75) is 10.1 Å². The third kappa shape index (κ3) is 2.67. The van der Waals surface area contributed by atoms with E-state index in [1.54, 1.807) is 24.3 Å². The molecule has 2 rings (SSSR count). The van der Waals surface area contributed by atoms with Gasteiger partial charge in [0.2, 0.25) is 0 Å². The summed E-state index contributed by atoms with van der Waals surface area (Å²) in [7, 11) is 0. The van der Waals surface area contributed by atoms with E-state index in [0.717, 1.165) is 15.7 Å². The lowest BCUT2D eigenvalue weighted by molar-refractivity contribution is 1.21. The zero-order valence-corrected chi connectivity index (χ0v) is 9.44. The molecule has 0 radical (unpaired) electrons. The lowest BCUT2D eigenvalue weighted by Gasteiger charge is -1.97. The molecule has 0 N–H and O–H groups in total. The maximum absolute atomic E-state index is 5.76. The van der Waals surface area contributed by atoms with Gasteiger partial charge in [-0.05, 0) is 29.2 Å². The number of hydrogen-bond acceptors (Lipinski definition) is 5. The minimum atomic E-state index is 0.528. The number of halogens is 1. The number of pyridine rings is 1. The molecule has 0 fully saturated rings. The van der Waals surface area contributed by atoms with Crippen LogP contribution in [0, 0.1) is 0 Å². The van der Waals surface area contributed by atoms with Gasteiger partial charge in [0.15, 0.2) is 4.34 Å². The molecule has 0 aliphatic rings.